The van der Waals surface area contributed by atoms with Gasteiger partial charge in [-0.3, -0.25) is 0 Å². The van der Waals surface area contributed by atoms with Crippen LogP contribution >= 0.6 is 11.6 Å². The summed E-state index contributed by atoms with van der Waals surface area (Å²) in [7, 11) is 1.43. The molecule has 2 aromatic rings. The summed E-state index contributed by atoms with van der Waals surface area (Å²) in [5.74, 6) is -0.551. The Morgan fingerprint density at radius 2 is 1.95 bits per heavy atom. The molecule has 0 aliphatic carbocycles. The van der Waals surface area contributed by atoms with Crippen LogP contribution in [0.1, 0.15) is 24.1 Å². The second kappa shape index (κ2) is 6.87. The van der Waals surface area contributed by atoms with Gasteiger partial charge in [0.05, 0.1) is 7.11 Å². The molecule has 1 unspecified atom stereocenters. The number of benzene rings is 2. The monoisotopic (exact) mass is 311 g/mol. The van der Waals surface area contributed by atoms with E-state index in [1.165, 1.54) is 25.3 Å². The lowest BCUT2D eigenvalue weighted by Crippen LogP contribution is -2.18. The van der Waals surface area contributed by atoms with Gasteiger partial charge >= 0.3 is 0 Å². The van der Waals surface area contributed by atoms with Crippen LogP contribution < -0.4 is 10.1 Å². The molecule has 1 N–H and O–H groups in total. The predicted molar refractivity (Wildman–Crippen MR) is 79.6 cm³/mol. The van der Waals surface area contributed by atoms with Gasteiger partial charge in [0.15, 0.2) is 11.6 Å². The van der Waals surface area contributed by atoms with Crippen LogP contribution in [0.25, 0.3) is 0 Å². The summed E-state index contributed by atoms with van der Waals surface area (Å²) in [4.78, 5) is 0. The minimum atomic E-state index is -0.400. The van der Waals surface area contributed by atoms with Gasteiger partial charge < -0.3 is 10.1 Å². The van der Waals surface area contributed by atoms with Gasteiger partial charge in [-0.2, -0.15) is 0 Å². The molecule has 112 valence electrons. The normalized spacial score (nSPS) is 12.2. The quantitative estimate of drug-likeness (QED) is 0.879. The summed E-state index contributed by atoms with van der Waals surface area (Å²) in [5, 5.41) is 3.60. The SMILES string of the molecule is COc1ccc(C(C)NCc2ccc(F)cc2Cl)cc1F. The Kier molecular flexibility index (Phi) is 5.15. The zero-order chi connectivity index (χ0) is 15.4. The lowest BCUT2D eigenvalue weighted by Gasteiger charge is -2.16. The van der Waals surface area contributed by atoms with Gasteiger partial charge in [0, 0.05) is 17.6 Å². The first-order valence-corrected chi connectivity index (χ1v) is 6.90. The number of methoxy groups -OCH3 is 1. The summed E-state index contributed by atoms with van der Waals surface area (Å²) in [6.07, 6.45) is 0. The Bertz CT molecular complexity index is 634. The van der Waals surface area contributed by atoms with Gasteiger partial charge in [-0.15, -0.1) is 0 Å². The van der Waals surface area contributed by atoms with Gasteiger partial charge in [-0.05, 0) is 42.3 Å². The molecular weight excluding hydrogens is 296 g/mol. The van der Waals surface area contributed by atoms with Crippen LogP contribution in [0.2, 0.25) is 5.02 Å². The average Bonchev–Trinajstić information content (AvgIpc) is 2.46. The Morgan fingerprint density at radius 1 is 1.19 bits per heavy atom. The van der Waals surface area contributed by atoms with Crippen molar-refractivity contribution in [2.75, 3.05) is 7.11 Å². The molecule has 0 saturated heterocycles. The molecule has 0 aliphatic heterocycles. The highest BCUT2D eigenvalue weighted by Crippen LogP contribution is 2.23. The van der Waals surface area contributed by atoms with Crippen molar-refractivity contribution in [3.63, 3.8) is 0 Å². The van der Waals surface area contributed by atoms with Crippen LogP contribution in [0.5, 0.6) is 5.75 Å². The van der Waals surface area contributed by atoms with Crippen LogP contribution in [0.4, 0.5) is 8.78 Å². The fraction of sp³-hybridized carbons (Fsp3) is 0.250. The Morgan fingerprint density at radius 3 is 2.57 bits per heavy atom. The number of rotatable bonds is 5. The van der Waals surface area contributed by atoms with Crippen LogP contribution in [0.15, 0.2) is 36.4 Å². The highest BCUT2D eigenvalue weighted by Gasteiger charge is 2.10. The van der Waals surface area contributed by atoms with Crippen molar-refractivity contribution in [3.8, 4) is 5.75 Å². The van der Waals surface area contributed by atoms with Crippen molar-refractivity contribution in [1.82, 2.24) is 5.32 Å². The van der Waals surface area contributed by atoms with Gasteiger partial charge in [0.1, 0.15) is 5.82 Å². The number of hydrogen-bond donors (Lipinski definition) is 1. The van der Waals surface area contributed by atoms with E-state index in [1.54, 1.807) is 18.2 Å². The van der Waals surface area contributed by atoms with Crippen LogP contribution in [-0.2, 0) is 6.54 Å². The first-order valence-electron chi connectivity index (χ1n) is 6.52. The van der Waals surface area contributed by atoms with Gasteiger partial charge in [0.25, 0.3) is 0 Å². The van der Waals surface area contributed by atoms with Crippen molar-refractivity contribution < 1.29 is 13.5 Å². The number of ether oxygens (including phenoxy) is 1. The molecule has 2 rings (SSSR count). The third kappa shape index (κ3) is 3.93. The third-order valence-electron chi connectivity index (χ3n) is 3.29. The average molecular weight is 312 g/mol. The second-order valence-electron chi connectivity index (χ2n) is 4.73. The van der Waals surface area contributed by atoms with E-state index in [4.69, 9.17) is 16.3 Å². The van der Waals surface area contributed by atoms with Crippen LogP contribution in [0.3, 0.4) is 0 Å². The van der Waals surface area contributed by atoms with E-state index >= 15 is 0 Å². The molecule has 2 aromatic carbocycles. The van der Waals surface area contributed by atoms with E-state index in [0.717, 1.165) is 11.1 Å². The Hall–Kier alpha value is -1.65. The number of nitrogens with one attached hydrogen (secondary N) is 1. The van der Waals surface area contributed by atoms with E-state index in [1.807, 2.05) is 6.92 Å². The molecule has 0 amide bonds. The van der Waals surface area contributed by atoms with Crippen LogP contribution in [0, 0.1) is 11.6 Å². The third-order valence-corrected chi connectivity index (χ3v) is 3.64. The fourth-order valence-corrected chi connectivity index (χ4v) is 2.23. The summed E-state index contributed by atoms with van der Waals surface area (Å²) < 4.78 is 31.5. The molecule has 0 spiro atoms. The minimum Gasteiger partial charge on any atom is -0.494 e. The maximum absolute atomic E-state index is 13.7. The van der Waals surface area contributed by atoms with Crippen molar-refractivity contribution in [2.24, 2.45) is 0 Å². The summed E-state index contributed by atoms with van der Waals surface area (Å²) >= 11 is 5.97. The molecule has 21 heavy (non-hydrogen) atoms. The number of halogens is 3. The maximum atomic E-state index is 13.7. The highest BCUT2D eigenvalue weighted by molar-refractivity contribution is 6.31. The first-order chi connectivity index (χ1) is 10.0. The van der Waals surface area contributed by atoms with E-state index in [-0.39, 0.29) is 17.6 Å². The molecular formula is C16H16ClF2NO. The van der Waals surface area contributed by atoms with Crippen molar-refractivity contribution in [3.05, 3.63) is 64.2 Å². The molecule has 0 aromatic heterocycles. The number of hydrogen-bond acceptors (Lipinski definition) is 2. The molecule has 0 saturated carbocycles. The predicted octanol–water partition coefficient (Wildman–Crippen LogP) is 4.48. The van der Waals surface area contributed by atoms with E-state index in [9.17, 15) is 8.78 Å². The Labute approximate surface area is 127 Å². The van der Waals surface area contributed by atoms with Crippen molar-refractivity contribution in [2.45, 2.75) is 19.5 Å². The smallest absolute Gasteiger partial charge is 0.165 e. The lowest BCUT2D eigenvalue weighted by molar-refractivity contribution is 0.385. The van der Waals surface area contributed by atoms with Gasteiger partial charge in [-0.25, -0.2) is 8.78 Å². The minimum absolute atomic E-state index is 0.0773. The summed E-state index contributed by atoms with van der Waals surface area (Å²) in [5.41, 5.74) is 1.59. The largest absolute Gasteiger partial charge is 0.494 e. The molecule has 2 nitrogen and oxygen atoms in total. The second-order valence-corrected chi connectivity index (χ2v) is 5.14. The zero-order valence-electron chi connectivity index (χ0n) is 11.8. The van der Waals surface area contributed by atoms with Crippen molar-refractivity contribution in [1.29, 1.82) is 0 Å². The Balaban J connectivity index is 2.04. The van der Waals surface area contributed by atoms with Gasteiger partial charge in [-0.1, -0.05) is 23.7 Å². The maximum Gasteiger partial charge on any atom is 0.165 e. The standard InChI is InChI=1S/C16H16ClF2NO/c1-10(11-4-6-16(21-2)15(19)7-11)20-9-12-3-5-13(18)8-14(12)17/h3-8,10,20H,9H2,1-2H3. The zero-order valence-corrected chi connectivity index (χ0v) is 12.5. The summed E-state index contributed by atoms with van der Waals surface area (Å²) in [6.45, 7) is 2.38. The summed E-state index contributed by atoms with van der Waals surface area (Å²) in [6, 6.07) is 9.01. The highest BCUT2D eigenvalue weighted by atomic mass is 35.5. The van der Waals surface area contributed by atoms with Crippen LogP contribution in [-0.4, -0.2) is 7.11 Å². The first kappa shape index (κ1) is 15.7. The molecule has 0 bridgehead atoms. The van der Waals surface area contributed by atoms with E-state index in [0.29, 0.717) is 11.6 Å². The van der Waals surface area contributed by atoms with Crippen molar-refractivity contribution >= 4 is 11.6 Å². The topological polar surface area (TPSA) is 21.3 Å². The molecule has 0 radical (unpaired) electrons. The van der Waals surface area contributed by atoms with E-state index < -0.39 is 5.82 Å². The lowest BCUT2D eigenvalue weighted by atomic mass is 10.1. The molecule has 0 heterocycles. The van der Waals surface area contributed by atoms with E-state index in [2.05, 4.69) is 5.32 Å². The molecule has 0 fully saturated rings. The molecule has 1 atom stereocenters. The molecule has 0 aliphatic rings. The fourth-order valence-electron chi connectivity index (χ4n) is 2.00. The van der Waals surface area contributed by atoms with Gasteiger partial charge in [0.2, 0.25) is 0 Å². The molecule has 5 heteroatoms.